The van der Waals surface area contributed by atoms with Crippen molar-refractivity contribution in [3.8, 4) is 0 Å². The zero-order valence-corrected chi connectivity index (χ0v) is 11.6. The molecule has 1 aromatic heterocycles. The van der Waals surface area contributed by atoms with Crippen molar-refractivity contribution >= 4 is 0 Å². The van der Waals surface area contributed by atoms with Crippen LogP contribution in [-0.2, 0) is 6.54 Å². The molecule has 1 fully saturated rings. The lowest BCUT2D eigenvalue weighted by Gasteiger charge is -2.30. The SMILES string of the molecule is CCN(Cc1noc(C2CC2)n1)CC(C)(C)CN. The summed E-state index contributed by atoms with van der Waals surface area (Å²) in [5, 5.41) is 4.06. The molecule has 0 amide bonds. The van der Waals surface area contributed by atoms with E-state index in [-0.39, 0.29) is 5.41 Å². The molecule has 0 aromatic carbocycles. The highest BCUT2D eigenvalue weighted by atomic mass is 16.5. The summed E-state index contributed by atoms with van der Waals surface area (Å²) in [4.78, 5) is 6.78. The van der Waals surface area contributed by atoms with Gasteiger partial charge in [-0.3, -0.25) is 4.90 Å². The van der Waals surface area contributed by atoms with Gasteiger partial charge in [0.15, 0.2) is 5.82 Å². The first-order valence-corrected chi connectivity index (χ1v) is 6.79. The average Bonchev–Trinajstić information content (AvgIpc) is 3.09. The van der Waals surface area contributed by atoms with E-state index >= 15 is 0 Å². The van der Waals surface area contributed by atoms with Gasteiger partial charge in [0.25, 0.3) is 0 Å². The highest BCUT2D eigenvalue weighted by Gasteiger charge is 2.30. The third-order valence-corrected chi connectivity index (χ3v) is 3.43. The molecular formula is C13H24N4O. The zero-order valence-electron chi connectivity index (χ0n) is 11.6. The molecule has 0 atom stereocenters. The Morgan fingerprint density at radius 1 is 1.44 bits per heavy atom. The first kappa shape index (κ1) is 13.5. The third-order valence-electron chi connectivity index (χ3n) is 3.43. The summed E-state index contributed by atoms with van der Waals surface area (Å²) in [6.45, 7) is 9.86. The molecule has 0 spiro atoms. The number of hydrogen-bond acceptors (Lipinski definition) is 5. The van der Waals surface area contributed by atoms with Crippen molar-refractivity contribution in [1.29, 1.82) is 0 Å². The monoisotopic (exact) mass is 252 g/mol. The number of hydrogen-bond donors (Lipinski definition) is 1. The summed E-state index contributed by atoms with van der Waals surface area (Å²) in [6.07, 6.45) is 2.39. The van der Waals surface area contributed by atoms with Gasteiger partial charge in [-0.25, -0.2) is 0 Å². The van der Waals surface area contributed by atoms with E-state index in [1.54, 1.807) is 0 Å². The standard InChI is InChI=1S/C13H24N4O/c1-4-17(9-13(2,3)8-14)7-11-15-12(18-16-11)10-5-6-10/h10H,4-9,14H2,1-3H3. The lowest BCUT2D eigenvalue weighted by atomic mass is 9.93. The van der Waals surface area contributed by atoms with Gasteiger partial charge in [0.05, 0.1) is 6.54 Å². The van der Waals surface area contributed by atoms with Crippen molar-refractivity contribution in [3.63, 3.8) is 0 Å². The molecule has 5 heteroatoms. The molecule has 0 aliphatic heterocycles. The van der Waals surface area contributed by atoms with Crippen molar-refractivity contribution < 1.29 is 4.52 Å². The molecule has 1 aliphatic carbocycles. The Hall–Kier alpha value is -0.940. The highest BCUT2D eigenvalue weighted by Crippen LogP contribution is 2.38. The first-order chi connectivity index (χ1) is 8.54. The first-order valence-electron chi connectivity index (χ1n) is 6.79. The molecule has 1 aromatic rings. The molecule has 0 radical (unpaired) electrons. The largest absolute Gasteiger partial charge is 0.339 e. The summed E-state index contributed by atoms with van der Waals surface area (Å²) in [7, 11) is 0. The van der Waals surface area contributed by atoms with Gasteiger partial charge in [-0.1, -0.05) is 25.9 Å². The fraction of sp³-hybridized carbons (Fsp3) is 0.846. The summed E-state index contributed by atoms with van der Waals surface area (Å²) >= 11 is 0. The lowest BCUT2D eigenvalue weighted by molar-refractivity contribution is 0.178. The van der Waals surface area contributed by atoms with Crippen LogP contribution in [0.4, 0.5) is 0 Å². The topological polar surface area (TPSA) is 68.2 Å². The molecule has 102 valence electrons. The summed E-state index contributed by atoms with van der Waals surface area (Å²) in [5.41, 5.74) is 5.90. The van der Waals surface area contributed by atoms with Crippen LogP contribution < -0.4 is 5.73 Å². The van der Waals surface area contributed by atoms with Crippen LogP contribution in [0.2, 0.25) is 0 Å². The van der Waals surface area contributed by atoms with E-state index in [0.29, 0.717) is 12.5 Å². The molecule has 0 unspecified atom stereocenters. The Kier molecular flexibility index (Phi) is 4.02. The quantitative estimate of drug-likeness (QED) is 0.800. The van der Waals surface area contributed by atoms with Gasteiger partial charge in [-0.15, -0.1) is 0 Å². The molecule has 2 rings (SSSR count). The second kappa shape index (κ2) is 5.36. The van der Waals surface area contributed by atoms with E-state index in [1.165, 1.54) is 12.8 Å². The smallest absolute Gasteiger partial charge is 0.229 e. The van der Waals surface area contributed by atoms with Crippen molar-refractivity contribution in [2.75, 3.05) is 19.6 Å². The van der Waals surface area contributed by atoms with E-state index in [9.17, 15) is 0 Å². The lowest BCUT2D eigenvalue weighted by Crippen LogP contribution is -2.38. The van der Waals surface area contributed by atoms with Gasteiger partial charge in [-0.2, -0.15) is 4.98 Å². The Bertz CT molecular complexity index is 384. The molecule has 18 heavy (non-hydrogen) atoms. The maximum Gasteiger partial charge on any atom is 0.229 e. The maximum absolute atomic E-state index is 5.78. The van der Waals surface area contributed by atoms with Crippen molar-refractivity contribution in [2.45, 2.75) is 46.1 Å². The summed E-state index contributed by atoms with van der Waals surface area (Å²) in [6, 6.07) is 0. The number of nitrogens with two attached hydrogens (primary N) is 1. The molecular weight excluding hydrogens is 228 g/mol. The van der Waals surface area contributed by atoms with Gasteiger partial charge in [0, 0.05) is 12.5 Å². The summed E-state index contributed by atoms with van der Waals surface area (Å²) < 4.78 is 5.28. The fourth-order valence-corrected chi connectivity index (χ4v) is 1.98. The van der Waals surface area contributed by atoms with E-state index < -0.39 is 0 Å². The Morgan fingerprint density at radius 3 is 2.72 bits per heavy atom. The van der Waals surface area contributed by atoms with Gasteiger partial charge in [0.1, 0.15) is 0 Å². The Labute approximate surface area is 109 Å². The van der Waals surface area contributed by atoms with Crippen LogP contribution in [0.15, 0.2) is 4.52 Å². The third kappa shape index (κ3) is 3.53. The second-order valence-corrected chi connectivity index (χ2v) is 5.99. The predicted octanol–water partition coefficient (Wildman–Crippen LogP) is 1.75. The van der Waals surface area contributed by atoms with E-state index in [4.69, 9.17) is 10.3 Å². The Morgan fingerprint density at radius 2 is 2.17 bits per heavy atom. The minimum absolute atomic E-state index is 0.124. The van der Waals surface area contributed by atoms with E-state index in [2.05, 4.69) is 35.8 Å². The van der Waals surface area contributed by atoms with Gasteiger partial charge < -0.3 is 10.3 Å². The second-order valence-electron chi connectivity index (χ2n) is 5.99. The predicted molar refractivity (Wildman–Crippen MR) is 70.1 cm³/mol. The van der Waals surface area contributed by atoms with Gasteiger partial charge >= 0.3 is 0 Å². The van der Waals surface area contributed by atoms with E-state index in [1.807, 2.05) is 0 Å². The minimum atomic E-state index is 0.124. The molecule has 0 saturated heterocycles. The molecule has 1 aliphatic rings. The van der Waals surface area contributed by atoms with Crippen LogP contribution in [0.25, 0.3) is 0 Å². The summed E-state index contributed by atoms with van der Waals surface area (Å²) in [5.74, 6) is 2.15. The molecule has 1 heterocycles. The maximum atomic E-state index is 5.78. The normalized spacial score (nSPS) is 16.5. The van der Waals surface area contributed by atoms with Crippen molar-refractivity contribution in [2.24, 2.45) is 11.1 Å². The van der Waals surface area contributed by atoms with Crippen LogP contribution in [0, 0.1) is 5.41 Å². The van der Waals surface area contributed by atoms with Gasteiger partial charge in [0.2, 0.25) is 5.89 Å². The van der Waals surface area contributed by atoms with Crippen molar-refractivity contribution in [3.05, 3.63) is 11.7 Å². The molecule has 2 N–H and O–H groups in total. The molecule has 1 saturated carbocycles. The Balaban J connectivity index is 1.92. The fourth-order valence-electron chi connectivity index (χ4n) is 1.98. The number of rotatable bonds is 7. The van der Waals surface area contributed by atoms with Crippen molar-refractivity contribution in [1.82, 2.24) is 15.0 Å². The highest BCUT2D eigenvalue weighted by molar-refractivity contribution is 5.01. The minimum Gasteiger partial charge on any atom is -0.339 e. The van der Waals surface area contributed by atoms with Crippen LogP contribution >= 0.6 is 0 Å². The van der Waals surface area contributed by atoms with E-state index in [0.717, 1.165) is 31.3 Å². The molecule has 5 nitrogen and oxygen atoms in total. The van der Waals surface area contributed by atoms with Gasteiger partial charge in [-0.05, 0) is 31.3 Å². The number of aromatic nitrogens is 2. The van der Waals surface area contributed by atoms with Crippen LogP contribution in [-0.4, -0.2) is 34.7 Å². The van der Waals surface area contributed by atoms with Crippen LogP contribution in [0.5, 0.6) is 0 Å². The number of nitrogens with zero attached hydrogens (tertiary/aromatic N) is 3. The zero-order chi connectivity index (χ0) is 13.2. The van der Waals surface area contributed by atoms with Crippen LogP contribution in [0.3, 0.4) is 0 Å². The average molecular weight is 252 g/mol. The van der Waals surface area contributed by atoms with Crippen LogP contribution in [0.1, 0.15) is 51.2 Å². The molecule has 0 bridgehead atoms.